The van der Waals surface area contributed by atoms with E-state index in [0.29, 0.717) is 47.2 Å². The van der Waals surface area contributed by atoms with Gasteiger partial charge < -0.3 is 20.6 Å². The van der Waals surface area contributed by atoms with Crippen molar-refractivity contribution in [1.29, 1.82) is 5.26 Å². The van der Waals surface area contributed by atoms with Gasteiger partial charge in [-0.1, -0.05) is 29.8 Å². The van der Waals surface area contributed by atoms with E-state index in [9.17, 15) is 5.26 Å². The molecule has 0 saturated heterocycles. The van der Waals surface area contributed by atoms with Gasteiger partial charge in [-0.2, -0.15) is 5.26 Å². The van der Waals surface area contributed by atoms with Crippen molar-refractivity contribution in [2.24, 2.45) is 0 Å². The molecule has 0 aliphatic carbocycles. The molecule has 32 heavy (non-hydrogen) atoms. The molecule has 0 amide bonds. The molecule has 5 rings (SSSR count). The van der Waals surface area contributed by atoms with Crippen LogP contribution in [0.2, 0.25) is 5.02 Å². The number of halogens is 1. The van der Waals surface area contributed by atoms with Crippen LogP contribution in [0.3, 0.4) is 0 Å². The van der Waals surface area contributed by atoms with Crippen LogP contribution >= 0.6 is 11.6 Å². The predicted molar refractivity (Wildman–Crippen MR) is 124 cm³/mol. The van der Waals surface area contributed by atoms with Crippen LogP contribution in [0.25, 0.3) is 22.1 Å². The minimum absolute atomic E-state index is 0.358. The van der Waals surface area contributed by atoms with Crippen molar-refractivity contribution in [3.05, 3.63) is 82.5 Å². The highest BCUT2D eigenvalue weighted by Gasteiger charge is 2.12. The molecule has 0 saturated carbocycles. The number of nitrogens with one attached hydrogen (secondary N) is 2. The lowest BCUT2D eigenvalue weighted by Crippen LogP contribution is -2.13. The first-order valence-corrected chi connectivity index (χ1v) is 10.4. The summed E-state index contributed by atoms with van der Waals surface area (Å²) in [6.07, 6.45) is 3.15. The Kier molecular flexibility index (Phi) is 5.19. The van der Waals surface area contributed by atoms with Gasteiger partial charge in [-0.15, -0.1) is 0 Å². The Labute approximate surface area is 188 Å². The lowest BCUT2D eigenvalue weighted by molar-refractivity contribution is 0.682. The molecule has 0 radical (unpaired) electrons. The van der Waals surface area contributed by atoms with Crippen LogP contribution in [0.4, 0.5) is 5.82 Å². The number of benzene rings is 2. The highest BCUT2D eigenvalue weighted by atomic mass is 35.5. The Balaban J connectivity index is 1.40. The monoisotopic (exact) mass is 442 g/mol. The van der Waals surface area contributed by atoms with E-state index >= 15 is 0 Å². The number of aromatic nitrogens is 5. The summed E-state index contributed by atoms with van der Waals surface area (Å²) in [5.41, 5.74) is 11.9. The molecule has 0 atom stereocenters. The summed E-state index contributed by atoms with van der Waals surface area (Å²) >= 11 is 6.40. The summed E-state index contributed by atoms with van der Waals surface area (Å²) in [7, 11) is 0. The number of nitrogens with two attached hydrogens (primary N) is 1. The number of imidazole rings is 1. The summed E-state index contributed by atoms with van der Waals surface area (Å²) in [6.45, 7) is 1.77. The van der Waals surface area contributed by atoms with Crippen LogP contribution in [0.15, 0.2) is 55.1 Å². The van der Waals surface area contributed by atoms with Crippen LogP contribution in [0.5, 0.6) is 0 Å². The van der Waals surface area contributed by atoms with Crippen LogP contribution in [0.1, 0.15) is 22.4 Å². The number of nitrogen functional groups attached to an aromatic ring is 1. The molecule has 5 aromatic rings. The van der Waals surface area contributed by atoms with E-state index in [2.05, 4.69) is 37.4 Å². The molecule has 0 bridgehead atoms. The third kappa shape index (κ3) is 3.75. The van der Waals surface area contributed by atoms with Gasteiger partial charge in [-0.05, 0) is 35.4 Å². The molecule has 2 aromatic carbocycles. The number of rotatable bonds is 6. The Hall–Kier alpha value is -3.93. The average molecular weight is 443 g/mol. The van der Waals surface area contributed by atoms with Crippen molar-refractivity contribution in [3.8, 4) is 6.07 Å². The third-order valence-electron chi connectivity index (χ3n) is 5.37. The number of hydrogen-bond donors (Lipinski definition) is 3. The number of fused-ring (bicyclic) bond motifs is 2. The predicted octanol–water partition coefficient (Wildman–Crippen LogP) is 3.75. The van der Waals surface area contributed by atoms with E-state index in [0.717, 1.165) is 27.7 Å². The minimum atomic E-state index is 0.358. The minimum Gasteiger partial charge on any atom is -0.382 e. The maximum atomic E-state index is 9.26. The molecule has 0 aliphatic rings. The number of hydrogen-bond acceptors (Lipinski definition) is 6. The largest absolute Gasteiger partial charge is 0.382 e. The maximum Gasteiger partial charge on any atom is 0.165 e. The van der Waals surface area contributed by atoms with Crippen LogP contribution < -0.4 is 11.1 Å². The van der Waals surface area contributed by atoms with Gasteiger partial charge in [-0.25, -0.2) is 15.0 Å². The summed E-state index contributed by atoms with van der Waals surface area (Å²) in [5.74, 6) is 0.358. The Morgan fingerprint density at radius 2 is 1.97 bits per heavy atom. The summed E-state index contributed by atoms with van der Waals surface area (Å²) < 4.78 is 1.93. The second-order valence-electron chi connectivity index (χ2n) is 7.50. The number of nitrogens with zero attached hydrogens (tertiary/aromatic N) is 5. The van der Waals surface area contributed by atoms with Gasteiger partial charge in [-0.3, -0.25) is 0 Å². The fourth-order valence-corrected chi connectivity index (χ4v) is 4.12. The molecule has 158 valence electrons. The van der Waals surface area contributed by atoms with Gasteiger partial charge >= 0.3 is 0 Å². The van der Waals surface area contributed by atoms with Crippen molar-refractivity contribution in [2.45, 2.75) is 19.6 Å². The normalized spacial score (nSPS) is 11.2. The molecule has 0 aliphatic heterocycles. The van der Waals surface area contributed by atoms with Crippen molar-refractivity contribution >= 4 is 39.5 Å². The molecule has 9 heteroatoms. The van der Waals surface area contributed by atoms with Gasteiger partial charge in [0.05, 0.1) is 30.0 Å². The molecule has 8 nitrogen and oxygen atoms in total. The number of nitriles is 1. The fraction of sp³-hybridized carbons (Fsp3) is 0.130. The van der Waals surface area contributed by atoms with E-state index < -0.39 is 0 Å². The summed E-state index contributed by atoms with van der Waals surface area (Å²) in [6, 6.07) is 15.8. The fourth-order valence-electron chi connectivity index (χ4n) is 3.87. The molecule has 0 fully saturated rings. The summed E-state index contributed by atoms with van der Waals surface area (Å²) in [4.78, 5) is 16.2. The SMILES string of the molecule is N#Cc1ccccc1CNCc1cc2cc(Cl)cc(Cn3cnc4c(N)ncnc43)c2[nH]1. The lowest BCUT2D eigenvalue weighted by Gasteiger charge is -2.07. The number of H-pyrrole nitrogens is 1. The topological polar surface area (TPSA) is 121 Å². The quantitative estimate of drug-likeness (QED) is 0.368. The van der Waals surface area contributed by atoms with E-state index in [4.69, 9.17) is 17.3 Å². The first kappa shape index (κ1) is 20.0. The number of anilines is 1. The van der Waals surface area contributed by atoms with Gasteiger partial charge in [0.25, 0.3) is 0 Å². The Morgan fingerprint density at radius 1 is 1.09 bits per heavy atom. The highest BCUT2D eigenvalue weighted by Crippen LogP contribution is 2.26. The van der Waals surface area contributed by atoms with Crippen molar-refractivity contribution in [3.63, 3.8) is 0 Å². The zero-order valence-electron chi connectivity index (χ0n) is 17.0. The van der Waals surface area contributed by atoms with E-state index in [1.165, 1.54) is 6.33 Å². The molecule has 3 aromatic heterocycles. The molecule has 0 spiro atoms. The Morgan fingerprint density at radius 3 is 2.84 bits per heavy atom. The van der Waals surface area contributed by atoms with E-state index in [1.807, 2.05) is 41.0 Å². The zero-order valence-corrected chi connectivity index (χ0v) is 17.8. The summed E-state index contributed by atoms with van der Waals surface area (Å²) in [5, 5.41) is 14.3. The first-order chi connectivity index (χ1) is 15.6. The van der Waals surface area contributed by atoms with E-state index in [1.54, 1.807) is 6.33 Å². The van der Waals surface area contributed by atoms with Crippen LogP contribution in [-0.2, 0) is 19.6 Å². The third-order valence-corrected chi connectivity index (χ3v) is 5.59. The van der Waals surface area contributed by atoms with Crippen molar-refractivity contribution < 1.29 is 0 Å². The zero-order chi connectivity index (χ0) is 22.1. The second-order valence-corrected chi connectivity index (χ2v) is 7.94. The first-order valence-electron chi connectivity index (χ1n) is 10.0. The van der Waals surface area contributed by atoms with Gasteiger partial charge in [0.15, 0.2) is 11.5 Å². The highest BCUT2D eigenvalue weighted by molar-refractivity contribution is 6.31. The van der Waals surface area contributed by atoms with Gasteiger partial charge in [0, 0.05) is 29.2 Å². The standard InChI is InChI=1S/C23H19ClN8/c24-18-5-16-7-19(10-27-9-15-4-2-1-3-14(15)8-25)31-20(16)17(6-18)11-32-13-30-21-22(26)28-12-29-23(21)32/h1-7,12-13,27,31H,9-11H2,(H2,26,28,29). The maximum absolute atomic E-state index is 9.26. The number of aromatic amines is 1. The average Bonchev–Trinajstić information content (AvgIpc) is 3.39. The lowest BCUT2D eigenvalue weighted by atomic mass is 10.1. The Bertz CT molecular complexity index is 1480. The van der Waals surface area contributed by atoms with Crippen molar-refractivity contribution in [2.75, 3.05) is 5.73 Å². The van der Waals surface area contributed by atoms with Crippen LogP contribution in [-0.4, -0.2) is 24.5 Å². The molecule has 4 N–H and O–H groups in total. The molecule has 3 heterocycles. The van der Waals surface area contributed by atoms with Crippen molar-refractivity contribution in [1.82, 2.24) is 29.8 Å². The van der Waals surface area contributed by atoms with Gasteiger partial charge in [0.2, 0.25) is 0 Å². The second kappa shape index (κ2) is 8.30. The molecular formula is C23H19ClN8. The van der Waals surface area contributed by atoms with Crippen LogP contribution in [0, 0.1) is 11.3 Å². The van der Waals surface area contributed by atoms with E-state index in [-0.39, 0.29) is 0 Å². The molecular weight excluding hydrogens is 424 g/mol. The smallest absolute Gasteiger partial charge is 0.165 e. The molecule has 0 unspecified atom stereocenters. The van der Waals surface area contributed by atoms with Gasteiger partial charge in [0.1, 0.15) is 11.8 Å².